The van der Waals surface area contributed by atoms with Gasteiger partial charge in [0.1, 0.15) is 0 Å². The average Bonchev–Trinajstić information content (AvgIpc) is 2.74. The Balaban J connectivity index is 2.06. The summed E-state index contributed by atoms with van der Waals surface area (Å²) in [7, 11) is 0. The topological polar surface area (TPSA) is 66.6 Å². The van der Waals surface area contributed by atoms with Gasteiger partial charge in [-0.15, -0.1) is 0 Å². The van der Waals surface area contributed by atoms with Gasteiger partial charge in [0.2, 0.25) is 5.91 Å². The van der Waals surface area contributed by atoms with Crippen LogP contribution >= 0.6 is 11.6 Å². The van der Waals surface area contributed by atoms with Crippen molar-refractivity contribution < 1.29 is 9.59 Å². The predicted octanol–water partition coefficient (Wildman–Crippen LogP) is 2.01. The van der Waals surface area contributed by atoms with Gasteiger partial charge in [-0.3, -0.25) is 9.59 Å². The molecule has 1 aliphatic heterocycles. The molecule has 0 aromatic heterocycles. The van der Waals surface area contributed by atoms with Crippen molar-refractivity contribution in [1.82, 2.24) is 9.80 Å². The number of carbonyl (C=O) groups excluding carboxylic acids is 2. The van der Waals surface area contributed by atoms with Crippen molar-refractivity contribution in [2.75, 3.05) is 31.9 Å². The number of anilines is 1. The number of hydrogen-bond acceptors (Lipinski definition) is 3. The lowest BCUT2D eigenvalue weighted by Crippen LogP contribution is -2.37. The highest BCUT2D eigenvalue weighted by molar-refractivity contribution is 6.33. The fourth-order valence-electron chi connectivity index (χ4n) is 2.45. The van der Waals surface area contributed by atoms with Crippen molar-refractivity contribution >= 4 is 29.1 Å². The number of halogens is 1. The standard InChI is InChI=1S/C15H20ClN3O2/c1-2-14(20)18-6-3-7-19(9-8-18)15(21)11-4-5-12(16)13(17)10-11/h4-5,10H,2-3,6-9,17H2,1H3. The molecule has 1 aliphatic rings. The number of benzene rings is 1. The lowest BCUT2D eigenvalue weighted by atomic mass is 10.1. The highest BCUT2D eigenvalue weighted by Gasteiger charge is 2.22. The molecule has 2 rings (SSSR count). The summed E-state index contributed by atoms with van der Waals surface area (Å²) in [5.41, 5.74) is 6.68. The molecule has 0 unspecified atom stereocenters. The molecule has 0 atom stereocenters. The van der Waals surface area contributed by atoms with Crippen molar-refractivity contribution in [2.45, 2.75) is 19.8 Å². The van der Waals surface area contributed by atoms with Crippen LogP contribution in [0.3, 0.4) is 0 Å². The Kier molecular flexibility index (Phi) is 5.07. The molecule has 0 aliphatic carbocycles. The van der Waals surface area contributed by atoms with Gasteiger partial charge in [0.25, 0.3) is 5.91 Å². The van der Waals surface area contributed by atoms with E-state index in [-0.39, 0.29) is 11.8 Å². The van der Waals surface area contributed by atoms with Crippen molar-refractivity contribution in [2.24, 2.45) is 0 Å². The monoisotopic (exact) mass is 309 g/mol. The van der Waals surface area contributed by atoms with E-state index in [1.54, 1.807) is 23.1 Å². The number of carbonyl (C=O) groups is 2. The van der Waals surface area contributed by atoms with E-state index in [4.69, 9.17) is 17.3 Å². The van der Waals surface area contributed by atoms with Crippen LogP contribution in [0.5, 0.6) is 0 Å². The number of nitrogen functional groups attached to an aromatic ring is 1. The molecule has 2 amide bonds. The number of hydrogen-bond donors (Lipinski definition) is 1. The van der Waals surface area contributed by atoms with E-state index in [2.05, 4.69) is 0 Å². The maximum Gasteiger partial charge on any atom is 0.253 e. The van der Waals surface area contributed by atoms with Crippen LogP contribution in [0.4, 0.5) is 5.69 Å². The fourth-order valence-corrected chi connectivity index (χ4v) is 2.57. The summed E-state index contributed by atoms with van der Waals surface area (Å²) < 4.78 is 0. The maximum atomic E-state index is 12.5. The van der Waals surface area contributed by atoms with Crippen molar-refractivity contribution in [3.63, 3.8) is 0 Å². The zero-order chi connectivity index (χ0) is 15.4. The molecular formula is C15H20ClN3O2. The van der Waals surface area contributed by atoms with E-state index in [0.29, 0.717) is 48.9 Å². The van der Waals surface area contributed by atoms with Crippen molar-refractivity contribution in [3.05, 3.63) is 28.8 Å². The molecule has 1 aromatic carbocycles. The minimum absolute atomic E-state index is 0.0656. The van der Waals surface area contributed by atoms with Crippen molar-refractivity contribution in [1.29, 1.82) is 0 Å². The van der Waals surface area contributed by atoms with Crippen molar-refractivity contribution in [3.8, 4) is 0 Å². The highest BCUT2D eigenvalue weighted by Crippen LogP contribution is 2.20. The maximum absolute atomic E-state index is 12.5. The summed E-state index contributed by atoms with van der Waals surface area (Å²) in [6.45, 7) is 4.34. The molecule has 2 N–H and O–H groups in total. The first-order valence-corrected chi connectivity index (χ1v) is 7.52. The van der Waals surface area contributed by atoms with Gasteiger partial charge >= 0.3 is 0 Å². The highest BCUT2D eigenvalue weighted by atomic mass is 35.5. The van der Waals surface area contributed by atoms with Gasteiger partial charge in [-0.25, -0.2) is 0 Å². The molecule has 0 spiro atoms. The minimum Gasteiger partial charge on any atom is -0.398 e. The third-order valence-electron chi connectivity index (χ3n) is 3.68. The van der Waals surface area contributed by atoms with E-state index in [9.17, 15) is 9.59 Å². The molecule has 114 valence electrons. The number of rotatable bonds is 2. The van der Waals surface area contributed by atoms with E-state index < -0.39 is 0 Å². The second-order valence-corrected chi connectivity index (χ2v) is 5.52. The Labute approximate surface area is 129 Å². The fraction of sp³-hybridized carbons (Fsp3) is 0.467. The SMILES string of the molecule is CCC(=O)N1CCCN(C(=O)c2ccc(Cl)c(N)c2)CC1. The van der Waals surface area contributed by atoms with E-state index in [1.807, 2.05) is 11.8 Å². The zero-order valence-electron chi connectivity index (χ0n) is 12.1. The van der Waals surface area contributed by atoms with Gasteiger partial charge in [0.15, 0.2) is 0 Å². The smallest absolute Gasteiger partial charge is 0.253 e. The Hall–Kier alpha value is -1.75. The van der Waals surface area contributed by atoms with Crippen LogP contribution in [0.15, 0.2) is 18.2 Å². The first-order valence-electron chi connectivity index (χ1n) is 7.15. The number of amides is 2. The number of nitrogens with zero attached hydrogens (tertiary/aromatic N) is 2. The third kappa shape index (κ3) is 3.67. The van der Waals surface area contributed by atoms with Gasteiger partial charge in [0.05, 0.1) is 10.7 Å². The van der Waals surface area contributed by atoms with Gasteiger partial charge in [-0.2, -0.15) is 0 Å². The van der Waals surface area contributed by atoms with E-state index in [0.717, 1.165) is 6.42 Å². The molecule has 1 heterocycles. The van der Waals surface area contributed by atoms with Gasteiger partial charge < -0.3 is 15.5 Å². The summed E-state index contributed by atoms with van der Waals surface area (Å²) in [5, 5.41) is 0.446. The second-order valence-electron chi connectivity index (χ2n) is 5.12. The summed E-state index contributed by atoms with van der Waals surface area (Å²) in [4.78, 5) is 27.8. The van der Waals surface area contributed by atoms with Crippen LogP contribution in [0.1, 0.15) is 30.1 Å². The average molecular weight is 310 g/mol. The van der Waals surface area contributed by atoms with Crippen LogP contribution in [-0.4, -0.2) is 47.8 Å². The summed E-state index contributed by atoms with van der Waals surface area (Å²) in [5.74, 6) is 0.0733. The van der Waals surface area contributed by atoms with E-state index in [1.165, 1.54) is 0 Å². The Bertz CT molecular complexity index is 548. The minimum atomic E-state index is -0.0656. The molecule has 0 radical (unpaired) electrons. The first-order chi connectivity index (χ1) is 10.0. The third-order valence-corrected chi connectivity index (χ3v) is 4.03. The molecule has 1 saturated heterocycles. The van der Waals surface area contributed by atoms with Gasteiger partial charge in [-0.1, -0.05) is 18.5 Å². The Morgan fingerprint density at radius 1 is 1.19 bits per heavy atom. The summed E-state index contributed by atoms with van der Waals surface area (Å²) in [6, 6.07) is 4.92. The van der Waals surface area contributed by atoms with Gasteiger partial charge in [-0.05, 0) is 24.6 Å². The van der Waals surface area contributed by atoms with Crippen LogP contribution < -0.4 is 5.73 Å². The normalized spacial score (nSPS) is 15.7. The Morgan fingerprint density at radius 2 is 1.86 bits per heavy atom. The zero-order valence-corrected chi connectivity index (χ0v) is 12.9. The predicted molar refractivity (Wildman–Crippen MR) is 83.3 cm³/mol. The molecule has 1 aromatic rings. The molecule has 21 heavy (non-hydrogen) atoms. The second kappa shape index (κ2) is 6.80. The lowest BCUT2D eigenvalue weighted by molar-refractivity contribution is -0.130. The van der Waals surface area contributed by atoms with Crippen LogP contribution in [0.2, 0.25) is 5.02 Å². The van der Waals surface area contributed by atoms with Crippen LogP contribution in [0.25, 0.3) is 0 Å². The van der Waals surface area contributed by atoms with Crippen LogP contribution in [-0.2, 0) is 4.79 Å². The lowest BCUT2D eigenvalue weighted by Gasteiger charge is -2.22. The molecule has 6 heteroatoms. The molecule has 1 fully saturated rings. The van der Waals surface area contributed by atoms with Crippen LogP contribution in [0, 0.1) is 0 Å². The summed E-state index contributed by atoms with van der Waals surface area (Å²) in [6.07, 6.45) is 1.29. The van der Waals surface area contributed by atoms with Gasteiger partial charge in [0, 0.05) is 38.2 Å². The molecule has 0 bridgehead atoms. The summed E-state index contributed by atoms with van der Waals surface area (Å²) >= 11 is 5.87. The molecule has 5 nitrogen and oxygen atoms in total. The Morgan fingerprint density at radius 3 is 2.52 bits per heavy atom. The largest absolute Gasteiger partial charge is 0.398 e. The molecule has 0 saturated carbocycles. The number of nitrogens with two attached hydrogens (primary N) is 1. The quantitative estimate of drug-likeness (QED) is 0.850. The first kappa shape index (κ1) is 15.6. The van der Waals surface area contributed by atoms with E-state index >= 15 is 0 Å². The molecular weight excluding hydrogens is 290 g/mol.